The van der Waals surface area contributed by atoms with Crippen molar-refractivity contribution in [2.24, 2.45) is 11.3 Å². The SMILES string of the molecule is CC(C)(C)c1ccc2[cH-]c3ccc(C(C)(C)C)cc3c2c1.CCC1=[C-]C(C)C=C1C(C)(C)C.Fc1ccc([CH]=[Zr+2])cc1.[Cl-].[Cl-]. The van der Waals surface area contributed by atoms with Gasteiger partial charge in [0.1, 0.15) is 0 Å². The van der Waals surface area contributed by atoms with Gasteiger partial charge in [-0.3, -0.25) is 6.08 Å². The minimum atomic E-state index is -0.170. The zero-order valence-electron chi connectivity index (χ0n) is 28.4. The molecule has 0 nitrogen and oxygen atoms in total. The molecule has 1 aliphatic carbocycles. The number of benzene rings is 3. The maximum Gasteiger partial charge on any atom is -1.00 e. The Kier molecular flexibility index (Phi) is 14.8. The van der Waals surface area contributed by atoms with E-state index in [0.717, 1.165) is 12.0 Å². The van der Waals surface area contributed by atoms with Crippen molar-refractivity contribution >= 4 is 25.3 Å². The first kappa shape index (κ1) is 40.3. The van der Waals surface area contributed by atoms with Crippen LogP contribution in [0.25, 0.3) is 21.5 Å². The van der Waals surface area contributed by atoms with E-state index >= 15 is 0 Å². The summed E-state index contributed by atoms with van der Waals surface area (Å²) in [7, 11) is 0. The van der Waals surface area contributed by atoms with Crippen molar-refractivity contribution in [3.8, 4) is 0 Å². The number of rotatable bonds is 2. The van der Waals surface area contributed by atoms with Gasteiger partial charge in [-0.05, 0) is 10.8 Å². The van der Waals surface area contributed by atoms with Crippen LogP contribution in [0.15, 0.2) is 84.0 Å². The largest absolute Gasteiger partial charge is 1.00 e. The summed E-state index contributed by atoms with van der Waals surface area (Å²) in [6.45, 7) is 24.9. The van der Waals surface area contributed by atoms with Crippen LogP contribution in [0.5, 0.6) is 0 Å². The Hall–Kier alpha value is -1.73. The number of halogens is 3. The predicted octanol–water partition coefficient (Wildman–Crippen LogP) is 5.59. The van der Waals surface area contributed by atoms with E-state index in [4.69, 9.17) is 0 Å². The quantitative estimate of drug-likeness (QED) is 0.239. The maximum absolute atomic E-state index is 12.2. The normalized spacial score (nSPS) is 14.7. The Morgan fingerprint density at radius 1 is 0.750 bits per heavy atom. The molecular weight excluding hydrogens is 662 g/mol. The first-order chi connectivity index (χ1) is 19.4. The summed E-state index contributed by atoms with van der Waals surface area (Å²) in [5.41, 5.74) is 7.51. The van der Waals surface area contributed by atoms with E-state index in [1.54, 1.807) is 12.1 Å². The van der Waals surface area contributed by atoms with Crippen molar-refractivity contribution in [2.75, 3.05) is 0 Å². The van der Waals surface area contributed by atoms with E-state index < -0.39 is 0 Å². The Morgan fingerprint density at radius 3 is 1.55 bits per heavy atom. The Balaban J connectivity index is 0.000000359. The molecule has 4 aromatic carbocycles. The number of hydrogen-bond acceptors (Lipinski definition) is 0. The van der Waals surface area contributed by atoms with Gasteiger partial charge in [0.2, 0.25) is 0 Å². The summed E-state index contributed by atoms with van der Waals surface area (Å²) in [4.78, 5) is 0. The van der Waals surface area contributed by atoms with Crippen LogP contribution < -0.4 is 24.8 Å². The smallest absolute Gasteiger partial charge is 1.00 e. The zero-order chi connectivity index (χ0) is 31.5. The van der Waals surface area contributed by atoms with Crippen molar-refractivity contribution in [3.63, 3.8) is 0 Å². The summed E-state index contributed by atoms with van der Waals surface area (Å²) in [5, 5.41) is 5.49. The molecule has 0 radical (unpaired) electrons. The average Bonchev–Trinajstić information content (AvgIpc) is 3.48. The van der Waals surface area contributed by atoms with E-state index in [-0.39, 0.29) is 41.5 Å². The van der Waals surface area contributed by atoms with E-state index in [2.05, 4.69) is 131 Å². The third-order valence-electron chi connectivity index (χ3n) is 7.78. The van der Waals surface area contributed by atoms with Crippen LogP contribution in [0, 0.1) is 23.2 Å². The molecule has 0 heterocycles. The molecule has 0 aromatic heterocycles. The molecule has 0 amide bonds. The molecule has 0 saturated heterocycles. The molecule has 0 fully saturated rings. The molecule has 4 heteroatoms. The second-order valence-corrected chi connectivity index (χ2v) is 15.2. The third-order valence-corrected chi connectivity index (χ3v) is 8.60. The first-order valence-electron chi connectivity index (χ1n) is 15.2. The van der Waals surface area contributed by atoms with Gasteiger partial charge in [0.05, 0.1) is 0 Å². The molecule has 0 N–H and O–H groups in total. The van der Waals surface area contributed by atoms with Gasteiger partial charge in [0.25, 0.3) is 0 Å². The van der Waals surface area contributed by atoms with E-state index in [0.29, 0.717) is 11.3 Å². The van der Waals surface area contributed by atoms with Gasteiger partial charge >= 0.3 is 68.0 Å². The van der Waals surface area contributed by atoms with Crippen LogP contribution in [-0.2, 0) is 35.1 Å². The molecule has 4 aromatic rings. The second-order valence-electron chi connectivity index (χ2n) is 14.5. The van der Waals surface area contributed by atoms with Crippen LogP contribution >= 0.6 is 0 Å². The summed E-state index contributed by atoms with van der Waals surface area (Å²) in [6, 6.07) is 22.6. The van der Waals surface area contributed by atoms with Crippen LogP contribution in [-0.4, -0.2) is 3.71 Å². The fraction of sp³-hybridized carbons (Fsp3) is 0.400. The Morgan fingerprint density at radius 2 is 1.20 bits per heavy atom. The maximum atomic E-state index is 12.2. The van der Waals surface area contributed by atoms with Crippen molar-refractivity contribution < 1.29 is 53.4 Å². The molecule has 1 atom stereocenters. The average molecular weight is 711 g/mol. The minimum absolute atomic E-state index is 0. The number of allylic oxidation sites excluding steroid dienone is 4. The molecule has 5 rings (SSSR count). The van der Waals surface area contributed by atoms with Crippen LogP contribution in [0.1, 0.15) is 99.3 Å². The van der Waals surface area contributed by atoms with Gasteiger partial charge in [0, 0.05) is 0 Å². The zero-order valence-corrected chi connectivity index (χ0v) is 32.4. The predicted molar refractivity (Wildman–Crippen MR) is 180 cm³/mol. The van der Waals surface area contributed by atoms with Crippen molar-refractivity contribution in [1.29, 1.82) is 0 Å². The van der Waals surface area contributed by atoms with Gasteiger partial charge < -0.3 is 24.8 Å². The first-order valence-corrected chi connectivity index (χ1v) is 16.6. The summed E-state index contributed by atoms with van der Waals surface area (Å²) in [5.74, 6) is 0.352. The van der Waals surface area contributed by atoms with Gasteiger partial charge in [-0.15, -0.1) is 39.7 Å². The molecule has 0 aliphatic heterocycles. The molecule has 1 unspecified atom stereocenters. The molecule has 44 heavy (non-hydrogen) atoms. The van der Waals surface area contributed by atoms with Crippen molar-refractivity contribution in [3.05, 3.63) is 113 Å². The minimum Gasteiger partial charge on any atom is -1.00 e. The van der Waals surface area contributed by atoms with Crippen molar-refractivity contribution in [1.82, 2.24) is 0 Å². The van der Waals surface area contributed by atoms with Crippen LogP contribution in [0.4, 0.5) is 4.39 Å². The third kappa shape index (κ3) is 10.7. The molecular formula is C40H49Cl2FZr-2. The van der Waals surface area contributed by atoms with Gasteiger partial charge in [-0.2, -0.15) is 11.6 Å². The fourth-order valence-corrected chi connectivity index (χ4v) is 5.70. The monoisotopic (exact) mass is 708 g/mol. The second kappa shape index (κ2) is 16.2. The summed E-state index contributed by atoms with van der Waals surface area (Å²) < 4.78 is 14.2. The molecule has 0 spiro atoms. The molecule has 236 valence electrons. The summed E-state index contributed by atoms with van der Waals surface area (Å²) >= 11 is 1.34. The Labute approximate surface area is 294 Å². The molecule has 0 saturated carbocycles. The molecule has 1 aliphatic rings. The van der Waals surface area contributed by atoms with E-state index in [1.165, 1.54) is 80.2 Å². The Bertz CT molecular complexity index is 1520. The number of fused-ring (bicyclic) bond motifs is 3. The van der Waals surface area contributed by atoms with Gasteiger partial charge in [-0.1, -0.05) is 129 Å². The van der Waals surface area contributed by atoms with Crippen LogP contribution in [0.3, 0.4) is 0 Å². The standard InChI is InChI=1S/C21H25.C12H19.C7H5F.2ClH.Zr/c1-20(2,3)16-9-7-14-11-15-8-10-17(21(4,5)6)13-19(15)18(14)12-16;1-6-10-7-9(2)8-11(10)12(3,4)5;1-6-2-4-7(8)5-3-6;;;/h7-13H,1-6H3;8-9H,6H2,1-5H3;1-5H;2*1H;/q2*-1;;;;+2/p-2. The van der Waals surface area contributed by atoms with E-state index in [9.17, 15) is 4.39 Å². The van der Waals surface area contributed by atoms with E-state index in [1.807, 2.05) is 3.71 Å². The fourth-order valence-electron chi connectivity index (χ4n) is 5.23. The van der Waals surface area contributed by atoms with Crippen LogP contribution in [0.2, 0.25) is 0 Å². The van der Waals surface area contributed by atoms with Crippen molar-refractivity contribution in [2.45, 2.75) is 93.4 Å². The number of hydrogen-bond donors (Lipinski definition) is 0. The summed E-state index contributed by atoms with van der Waals surface area (Å²) in [6.07, 6.45) is 6.95. The van der Waals surface area contributed by atoms with Gasteiger partial charge in [-0.25, -0.2) is 5.57 Å². The van der Waals surface area contributed by atoms with Gasteiger partial charge in [0.15, 0.2) is 0 Å². The molecule has 0 bridgehead atoms. The topological polar surface area (TPSA) is 0 Å².